The molecule has 23 heavy (non-hydrogen) atoms. The van der Waals surface area contributed by atoms with Gasteiger partial charge in [0.15, 0.2) is 0 Å². The van der Waals surface area contributed by atoms with E-state index >= 15 is 0 Å². The van der Waals surface area contributed by atoms with Crippen molar-refractivity contribution < 1.29 is 19.0 Å². The number of ether oxygens (including phenoxy) is 1. The molecule has 0 radical (unpaired) electrons. The lowest BCUT2D eigenvalue weighted by Gasteiger charge is -2.36. The van der Waals surface area contributed by atoms with Crippen molar-refractivity contribution in [3.63, 3.8) is 0 Å². The smallest absolute Gasteiger partial charge is 0.256 e. The molecule has 124 valence electrons. The van der Waals surface area contributed by atoms with E-state index in [0.717, 1.165) is 12.8 Å². The summed E-state index contributed by atoms with van der Waals surface area (Å²) in [5, 5.41) is 13.7. The highest BCUT2D eigenvalue weighted by Gasteiger charge is 2.48. The average molecular weight is 384 g/mol. The van der Waals surface area contributed by atoms with Crippen LogP contribution in [0.25, 0.3) is 5.57 Å². The summed E-state index contributed by atoms with van der Waals surface area (Å²) in [6, 6.07) is 3.02. The molecule has 2 aliphatic rings. The van der Waals surface area contributed by atoms with Gasteiger partial charge in [0.05, 0.1) is 17.2 Å². The van der Waals surface area contributed by atoms with E-state index in [-0.39, 0.29) is 23.3 Å². The van der Waals surface area contributed by atoms with Gasteiger partial charge in [0.25, 0.3) is 5.91 Å². The van der Waals surface area contributed by atoms with Gasteiger partial charge >= 0.3 is 0 Å². The standard InChI is InChI=1S/C17H19BrFNO3/c1-9-12(7-10(18)8-13(9)19)14-15(21)17(20-16(14)22)5-3-11(23-2)4-6-17/h7-8,11,21H,3-6H2,1-2H3,(H,20,22)/t11-,17+. The predicted molar refractivity (Wildman–Crippen MR) is 88.5 cm³/mol. The van der Waals surface area contributed by atoms with Crippen LogP contribution in [0.1, 0.15) is 36.8 Å². The zero-order valence-electron chi connectivity index (χ0n) is 13.1. The zero-order chi connectivity index (χ0) is 16.8. The van der Waals surface area contributed by atoms with Crippen LogP contribution in [0.4, 0.5) is 4.39 Å². The molecule has 4 nitrogen and oxygen atoms in total. The second-order valence-electron chi connectivity index (χ2n) is 6.26. The molecule has 0 atom stereocenters. The van der Waals surface area contributed by atoms with Crippen LogP contribution in [0.5, 0.6) is 0 Å². The number of benzene rings is 1. The van der Waals surface area contributed by atoms with E-state index in [9.17, 15) is 14.3 Å². The first-order valence-electron chi connectivity index (χ1n) is 7.63. The minimum atomic E-state index is -0.743. The van der Waals surface area contributed by atoms with Crippen LogP contribution in [0.2, 0.25) is 0 Å². The average Bonchev–Trinajstić information content (AvgIpc) is 2.75. The van der Waals surface area contributed by atoms with Crippen LogP contribution in [0.3, 0.4) is 0 Å². The predicted octanol–water partition coefficient (Wildman–Crippen LogP) is 3.62. The van der Waals surface area contributed by atoms with Crippen molar-refractivity contribution in [3.8, 4) is 0 Å². The molecule has 1 spiro atoms. The lowest BCUT2D eigenvalue weighted by atomic mass is 9.79. The number of aliphatic hydroxyl groups is 1. The third-order valence-electron chi connectivity index (χ3n) is 4.97. The quantitative estimate of drug-likeness (QED) is 0.819. The Morgan fingerprint density at radius 3 is 2.65 bits per heavy atom. The Labute approximate surface area is 142 Å². The molecule has 3 rings (SSSR count). The van der Waals surface area contributed by atoms with E-state index in [1.807, 2.05) is 0 Å². The van der Waals surface area contributed by atoms with Gasteiger partial charge in [0, 0.05) is 11.6 Å². The number of halogens is 2. The third kappa shape index (κ3) is 2.68. The molecule has 1 aromatic rings. The first-order chi connectivity index (χ1) is 10.9. The number of carbonyl (C=O) groups is 1. The molecule has 1 fully saturated rings. The van der Waals surface area contributed by atoms with Crippen LogP contribution < -0.4 is 5.32 Å². The van der Waals surface area contributed by atoms with Gasteiger partial charge in [-0.15, -0.1) is 0 Å². The van der Waals surface area contributed by atoms with E-state index in [2.05, 4.69) is 21.2 Å². The monoisotopic (exact) mass is 383 g/mol. The minimum absolute atomic E-state index is 0.0256. The van der Waals surface area contributed by atoms with Crippen molar-refractivity contribution in [2.45, 2.75) is 44.2 Å². The molecular weight excluding hydrogens is 365 g/mol. The first kappa shape index (κ1) is 16.5. The second kappa shape index (κ2) is 5.91. The number of nitrogens with one attached hydrogen (secondary N) is 1. The number of hydrogen-bond acceptors (Lipinski definition) is 3. The largest absolute Gasteiger partial charge is 0.509 e. The molecule has 1 heterocycles. The van der Waals surface area contributed by atoms with Crippen molar-refractivity contribution in [2.75, 3.05) is 7.11 Å². The van der Waals surface area contributed by atoms with Crippen molar-refractivity contribution >= 4 is 27.4 Å². The first-order valence-corrected chi connectivity index (χ1v) is 8.42. The molecule has 2 N–H and O–H groups in total. The third-order valence-corrected chi connectivity index (χ3v) is 5.43. The summed E-state index contributed by atoms with van der Waals surface area (Å²) in [7, 11) is 1.67. The van der Waals surface area contributed by atoms with Crippen LogP contribution in [0, 0.1) is 12.7 Å². The van der Waals surface area contributed by atoms with Crippen molar-refractivity contribution in [2.24, 2.45) is 0 Å². The second-order valence-corrected chi connectivity index (χ2v) is 7.17. The Bertz CT molecular complexity index is 693. The maximum absolute atomic E-state index is 14.0. The Morgan fingerprint density at radius 2 is 2.04 bits per heavy atom. The highest BCUT2D eigenvalue weighted by Crippen LogP contribution is 2.42. The number of aliphatic hydroxyl groups excluding tert-OH is 1. The van der Waals surface area contributed by atoms with E-state index in [0.29, 0.717) is 28.4 Å². The molecule has 1 saturated carbocycles. The molecule has 1 amide bonds. The molecule has 0 bridgehead atoms. The Hall–Kier alpha value is -1.40. The van der Waals surface area contributed by atoms with Gasteiger partial charge in [0.2, 0.25) is 0 Å². The van der Waals surface area contributed by atoms with Crippen LogP contribution in [-0.2, 0) is 9.53 Å². The lowest BCUT2D eigenvalue weighted by molar-refractivity contribution is -0.116. The van der Waals surface area contributed by atoms with Gasteiger partial charge in [-0.05, 0) is 55.9 Å². The summed E-state index contributed by atoms with van der Waals surface area (Å²) in [6.45, 7) is 1.61. The number of amides is 1. The Balaban J connectivity index is 2.04. The maximum atomic E-state index is 14.0. The summed E-state index contributed by atoms with van der Waals surface area (Å²) in [5.74, 6) is -0.733. The number of methoxy groups -OCH3 is 1. The SMILES string of the molecule is CO[C@H]1CC[C@]2(CC1)NC(=O)C(c1cc(Br)cc(F)c1C)=C2O. The highest BCUT2D eigenvalue weighted by molar-refractivity contribution is 9.10. The molecule has 0 saturated heterocycles. The highest BCUT2D eigenvalue weighted by atomic mass is 79.9. The van der Waals surface area contributed by atoms with Gasteiger partial charge in [-0.1, -0.05) is 15.9 Å². The molecule has 1 aliphatic carbocycles. The maximum Gasteiger partial charge on any atom is 0.256 e. The number of rotatable bonds is 2. The summed E-state index contributed by atoms with van der Waals surface area (Å²) >= 11 is 3.25. The summed E-state index contributed by atoms with van der Waals surface area (Å²) < 4.78 is 19.9. The van der Waals surface area contributed by atoms with Crippen molar-refractivity contribution in [3.05, 3.63) is 39.3 Å². The van der Waals surface area contributed by atoms with Gasteiger partial charge < -0.3 is 15.2 Å². The molecule has 6 heteroatoms. The molecule has 1 aliphatic heterocycles. The molecule has 0 unspecified atom stereocenters. The van der Waals surface area contributed by atoms with Crippen LogP contribution >= 0.6 is 15.9 Å². The molecule has 0 aromatic heterocycles. The minimum Gasteiger partial charge on any atom is -0.509 e. The number of hydrogen-bond donors (Lipinski definition) is 2. The van der Waals surface area contributed by atoms with Gasteiger partial charge in [-0.25, -0.2) is 4.39 Å². The van der Waals surface area contributed by atoms with Crippen LogP contribution in [-0.4, -0.2) is 29.8 Å². The van der Waals surface area contributed by atoms with E-state index in [4.69, 9.17) is 4.74 Å². The summed E-state index contributed by atoms with van der Waals surface area (Å²) in [6.07, 6.45) is 2.91. The van der Waals surface area contributed by atoms with Crippen molar-refractivity contribution in [1.29, 1.82) is 0 Å². The van der Waals surface area contributed by atoms with Gasteiger partial charge in [0.1, 0.15) is 11.6 Å². The summed E-state index contributed by atoms with van der Waals surface area (Å²) in [5.41, 5.74) is 0.218. The van der Waals surface area contributed by atoms with Crippen molar-refractivity contribution in [1.82, 2.24) is 5.32 Å². The fraction of sp³-hybridized carbons (Fsp3) is 0.471. The van der Waals surface area contributed by atoms with E-state index < -0.39 is 11.4 Å². The fourth-order valence-electron chi connectivity index (χ4n) is 3.52. The summed E-state index contributed by atoms with van der Waals surface area (Å²) in [4.78, 5) is 12.5. The topological polar surface area (TPSA) is 58.6 Å². The van der Waals surface area contributed by atoms with Crippen LogP contribution in [0.15, 0.2) is 22.4 Å². The normalized spacial score (nSPS) is 27.7. The zero-order valence-corrected chi connectivity index (χ0v) is 14.7. The van der Waals surface area contributed by atoms with Gasteiger partial charge in [-0.2, -0.15) is 0 Å². The molecular formula is C17H19BrFNO3. The van der Waals surface area contributed by atoms with Gasteiger partial charge in [-0.3, -0.25) is 4.79 Å². The molecule has 1 aromatic carbocycles. The van der Waals surface area contributed by atoms with E-state index in [1.54, 1.807) is 20.1 Å². The fourth-order valence-corrected chi connectivity index (χ4v) is 3.95. The number of carbonyl (C=O) groups excluding carboxylic acids is 1. The lowest BCUT2D eigenvalue weighted by Crippen LogP contribution is -2.48. The Morgan fingerprint density at radius 1 is 1.39 bits per heavy atom. The van der Waals surface area contributed by atoms with E-state index in [1.165, 1.54) is 6.07 Å². The Kier molecular flexibility index (Phi) is 4.23.